The summed E-state index contributed by atoms with van der Waals surface area (Å²) in [6.45, 7) is 4.71. The SMILES string of the molecule is CCCCCCCCCCCC/C=C/CC/C=C/CC/C=C/C(O)C(COP(=O)(O)OCC[N+](C)(C)C)NC(=O)CCCCCCCCC. The number of hydrogen-bond acceptors (Lipinski definition) is 5. The summed E-state index contributed by atoms with van der Waals surface area (Å²) in [6.07, 6.45) is 38.1. The molecule has 3 unspecified atom stereocenters. The molecule has 0 aromatic heterocycles. The van der Waals surface area contributed by atoms with Crippen LogP contribution in [0.4, 0.5) is 0 Å². The van der Waals surface area contributed by atoms with Gasteiger partial charge in [-0.3, -0.25) is 13.8 Å². The van der Waals surface area contributed by atoms with Gasteiger partial charge in [0, 0.05) is 6.42 Å². The van der Waals surface area contributed by atoms with Crippen molar-refractivity contribution in [3.8, 4) is 0 Å². The van der Waals surface area contributed by atoms with Gasteiger partial charge >= 0.3 is 7.82 Å². The number of nitrogens with zero attached hydrogens (tertiary/aromatic N) is 1. The molecule has 288 valence electrons. The fraction of sp³-hybridized carbons (Fsp3) is 0.825. The number of nitrogens with one attached hydrogen (secondary N) is 1. The predicted molar refractivity (Wildman–Crippen MR) is 208 cm³/mol. The highest BCUT2D eigenvalue weighted by Gasteiger charge is 2.27. The number of allylic oxidation sites excluding steroid dienone is 5. The molecule has 0 saturated carbocycles. The summed E-state index contributed by atoms with van der Waals surface area (Å²) in [6, 6.07) is -0.863. The van der Waals surface area contributed by atoms with Crippen LogP contribution in [0.2, 0.25) is 0 Å². The number of phosphoric ester groups is 1. The molecule has 1 amide bonds. The summed E-state index contributed by atoms with van der Waals surface area (Å²) >= 11 is 0. The highest BCUT2D eigenvalue weighted by atomic mass is 31.2. The zero-order valence-corrected chi connectivity index (χ0v) is 33.3. The Kier molecular flexibility index (Phi) is 31.8. The molecule has 3 N–H and O–H groups in total. The molecular weight excluding hydrogens is 635 g/mol. The van der Waals surface area contributed by atoms with Crippen molar-refractivity contribution >= 4 is 13.7 Å². The minimum atomic E-state index is -4.33. The van der Waals surface area contributed by atoms with Gasteiger partial charge in [-0.1, -0.05) is 147 Å². The van der Waals surface area contributed by atoms with Crippen LogP contribution in [-0.4, -0.2) is 73.4 Å². The largest absolute Gasteiger partial charge is 0.472 e. The lowest BCUT2D eigenvalue weighted by molar-refractivity contribution is -0.870. The fourth-order valence-electron chi connectivity index (χ4n) is 5.36. The van der Waals surface area contributed by atoms with E-state index in [2.05, 4.69) is 43.5 Å². The van der Waals surface area contributed by atoms with Crippen LogP contribution < -0.4 is 5.32 Å². The lowest BCUT2D eigenvalue weighted by Gasteiger charge is -2.25. The van der Waals surface area contributed by atoms with Crippen molar-refractivity contribution in [2.75, 3.05) is 40.9 Å². The quantitative estimate of drug-likeness (QED) is 0.0261. The maximum Gasteiger partial charge on any atom is 0.472 e. The van der Waals surface area contributed by atoms with Crippen LogP contribution in [0.15, 0.2) is 36.5 Å². The Bertz CT molecular complexity index is 902. The average molecular weight is 714 g/mol. The van der Waals surface area contributed by atoms with E-state index in [1.54, 1.807) is 6.08 Å². The molecule has 0 radical (unpaired) electrons. The van der Waals surface area contributed by atoms with Gasteiger partial charge in [0.1, 0.15) is 13.2 Å². The molecule has 0 spiro atoms. The third-order valence-electron chi connectivity index (χ3n) is 8.59. The molecule has 0 aliphatic carbocycles. The maximum absolute atomic E-state index is 12.7. The average Bonchev–Trinajstić information content (AvgIpc) is 3.04. The number of unbranched alkanes of at least 4 members (excludes halogenated alkanes) is 18. The molecule has 0 aliphatic heterocycles. The van der Waals surface area contributed by atoms with Gasteiger partial charge < -0.3 is 19.8 Å². The van der Waals surface area contributed by atoms with Crippen molar-refractivity contribution < 1.29 is 32.9 Å². The summed E-state index contributed by atoms with van der Waals surface area (Å²) in [4.78, 5) is 22.8. The first kappa shape index (κ1) is 47.7. The fourth-order valence-corrected chi connectivity index (χ4v) is 6.10. The van der Waals surface area contributed by atoms with Gasteiger partial charge in [0.15, 0.2) is 0 Å². The molecule has 0 heterocycles. The van der Waals surface area contributed by atoms with Crippen molar-refractivity contribution in [1.29, 1.82) is 0 Å². The molecule has 49 heavy (non-hydrogen) atoms. The third-order valence-corrected chi connectivity index (χ3v) is 9.57. The lowest BCUT2D eigenvalue weighted by atomic mass is 10.1. The van der Waals surface area contributed by atoms with Gasteiger partial charge in [0.25, 0.3) is 0 Å². The van der Waals surface area contributed by atoms with E-state index in [0.717, 1.165) is 44.9 Å². The number of carbonyl (C=O) groups excluding carboxylic acids is 1. The van der Waals surface area contributed by atoms with E-state index < -0.39 is 20.0 Å². The number of aliphatic hydroxyl groups excluding tert-OH is 1. The van der Waals surface area contributed by atoms with Gasteiger partial charge in [0.2, 0.25) is 5.91 Å². The topological polar surface area (TPSA) is 105 Å². The van der Waals surface area contributed by atoms with Gasteiger partial charge in [-0.2, -0.15) is 0 Å². The van der Waals surface area contributed by atoms with Gasteiger partial charge in [-0.15, -0.1) is 0 Å². The van der Waals surface area contributed by atoms with Gasteiger partial charge in [-0.05, 0) is 44.9 Å². The Morgan fingerprint density at radius 1 is 0.673 bits per heavy atom. The van der Waals surface area contributed by atoms with Gasteiger partial charge in [0.05, 0.1) is 39.9 Å². The second-order valence-corrected chi connectivity index (χ2v) is 16.1. The molecule has 0 fully saturated rings. The van der Waals surface area contributed by atoms with Crippen LogP contribution in [0.25, 0.3) is 0 Å². The molecule has 9 heteroatoms. The van der Waals surface area contributed by atoms with E-state index in [-0.39, 0.29) is 19.1 Å². The minimum absolute atomic E-state index is 0.0538. The first-order chi connectivity index (χ1) is 23.5. The smallest absolute Gasteiger partial charge is 0.387 e. The first-order valence-electron chi connectivity index (χ1n) is 19.9. The molecule has 0 rings (SSSR count). The van der Waals surface area contributed by atoms with Crippen LogP contribution in [0.5, 0.6) is 0 Å². The summed E-state index contributed by atoms with van der Waals surface area (Å²) < 4.78 is 23.4. The number of hydrogen-bond donors (Lipinski definition) is 3. The molecule has 3 atom stereocenters. The molecule has 8 nitrogen and oxygen atoms in total. The van der Waals surface area contributed by atoms with Gasteiger partial charge in [-0.25, -0.2) is 4.57 Å². The van der Waals surface area contributed by atoms with Crippen molar-refractivity contribution in [2.45, 2.75) is 174 Å². The number of phosphoric acid groups is 1. The number of aliphatic hydroxyl groups is 1. The summed E-state index contributed by atoms with van der Waals surface area (Å²) in [7, 11) is 1.54. The second kappa shape index (κ2) is 32.6. The summed E-state index contributed by atoms with van der Waals surface area (Å²) in [5.41, 5.74) is 0. The number of quaternary nitrogens is 1. The van der Waals surface area contributed by atoms with E-state index in [4.69, 9.17) is 9.05 Å². The molecule has 0 aromatic carbocycles. The van der Waals surface area contributed by atoms with Crippen LogP contribution in [0, 0.1) is 0 Å². The lowest BCUT2D eigenvalue weighted by Crippen LogP contribution is -2.45. The van der Waals surface area contributed by atoms with Crippen LogP contribution in [-0.2, 0) is 18.4 Å². The Morgan fingerprint density at radius 3 is 1.63 bits per heavy atom. The van der Waals surface area contributed by atoms with Crippen LogP contribution in [0.1, 0.15) is 162 Å². The normalized spacial score (nSPS) is 15.0. The molecule has 0 saturated heterocycles. The Hall–Kier alpha value is -1.28. The van der Waals surface area contributed by atoms with E-state index in [0.29, 0.717) is 17.4 Å². The first-order valence-corrected chi connectivity index (χ1v) is 21.4. The second-order valence-electron chi connectivity index (χ2n) is 14.6. The third kappa shape index (κ3) is 34.9. The standard InChI is InChI=1S/C40H77N2O6P/c1-6-8-10-12-14-15-16-17-18-19-20-21-22-23-24-25-26-28-29-31-33-39(43)38(37-48-49(45,46)47-36-35-42(3,4)5)41-40(44)34-32-30-27-13-11-9-7-2/h21-22,25-26,31,33,38-39,43H,6-20,23-24,27-30,32,34-37H2,1-5H3,(H-,41,44,45,46)/p+1/b22-21+,26-25+,33-31+. The van der Waals surface area contributed by atoms with Crippen molar-refractivity contribution in [1.82, 2.24) is 5.32 Å². The zero-order valence-electron chi connectivity index (χ0n) is 32.4. The monoisotopic (exact) mass is 714 g/mol. The van der Waals surface area contributed by atoms with Crippen LogP contribution in [0.3, 0.4) is 0 Å². The van der Waals surface area contributed by atoms with E-state index >= 15 is 0 Å². The predicted octanol–water partition coefficient (Wildman–Crippen LogP) is 10.4. The number of rotatable bonds is 35. The Morgan fingerprint density at radius 2 is 1.12 bits per heavy atom. The van der Waals surface area contributed by atoms with Crippen molar-refractivity contribution in [3.63, 3.8) is 0 Å². The Balaban J connectivity index is 4.46. The molecule has 0 bridgehead atoms. The number of amides is 1. The zero-order chi connectivity index (χ0) is 36.5. The summed E-state index contributed by atoms with van der Waals surface area (Å²) in [5.74, 6) is -0.200. The molecule has 0 aromatic rings. The van der Waals surface area contributed by atoms with E-state index in [1.165, 1.54) is 96.3 Å². The summed E-state index contributed by atoms with van der Waals surface area (Å²) in [5, 5.41) is 13.7. The highest BCUT2D eigenvalue weighted by molar-refractivity contribution is 7.47. The van der Waals surface area contributed by atoms with Crippen LogP contribution >= 0.6 is 7.82 Å². The minimum Gasteiger partial charge on any atom is -0.387 e. The maximum atomic E-state index is 12.7. The number of carbonyl (C=O) groups is 1. The van der Waals surface area contributed by atoms with Crippen molar-refractivity contribution in [3.05, 3.63) is 36.5 Å². The molecule has 0 aliphatic rings. The van der Waals surface area contributed by atoms with E-state index in [1.807, 2.05) is 27.2 Å². The Labute approximate surface area is 302 Å². The van der Waals surface area contributed by atoms with E-state index in [9.17, 15) is 19.4 Å². The van der Waals surface area contributed by atoms with Crippen molar-refractivity contribution in [2.24, 2.45) is 0 Å². The molecular formula is C40H78N2O6P+. The number of likely N-dealkylation sites (N-methyl/N-ethyl adjacent to an activating group) is 1. The highest BCUT2D eigenvalue weighted by Crippen LogP contribution is 2.43.